The number of amides is 2. The van der Waals surface area contributed by atoms with Crippen LogP contribution in [-0.4, -0.2) is 20.1 Å². The Hall–Kier alpha value is 4.65. The van der Waals surface area contributed by atoms with Crippen LogP contribution in [0.4, 0.5) is 4.79 Å². The van der Waals surface area contributed by atoms with Crippen LogP contribution in [0.3, 0.4) is 0 Å². The van der Waals surface area contributed by atoms with Gasteiger partial charge in [0.15, 0.2) is 0 Å². The Kier molecular flexibility index (Phi) is 46.3. The predicted octanol–water partition coefficient (Wildman–Crippen LogP) is -7.59. The second kappa shape index (κ2) is 19.3. The number of carbonyl (C=O) groups is 1. The van der Waals surface area contributed by atoms with Gasteiger partial charge in [-0.25, -0.2) is 0 Å². The molecule has 0 unspecified atom stereocenters. The molecule has 0 aliphatic heterocycles. The second-order valence-electron chi connectivity index (χ2n) is 0.806. The van der Waals surface area contributed by atoms with E-state index in [1.54, 1.807) is 0 Å². The van der Waals surface area contributed by atoms with Gasteiger partial charge in [-0.05, 0) is 0 Å². The van der Waals surface area contributed by atoms with Gasteiger partial charge in [-0.3, -0.25) is 0 Å². The molecule has 42 valence electrons. The van der Waals surface area contributed by atoms with Gasteiger partial charge >= 0.3 is 175 Å². The van der Waals surface area contributed by atoms with Crippen molar-refractivity contribution in [2.24, 2.45) is 0 Å². The molecule has 0 aromatic heterocycles. The zero-order chi connectivity index (χ0) is 5.70. The van der Waals surface area contributed by atoms with Gasteiger partial charge in [-0.1, -0.05) is 6.03 Å². The predicted molar refractivity (Wildman–Crippen MR) is 27.3 cm³/mol. The van der Waals surface area contributed by atoms with E-state index in [1.165, 1.54) is 14.1 Å². The summed E-state index contributed by atoms with van der Waals surface area (Å²) in [4.78, 5) is 9.98. The van der Waals surface area contributed by atoms with Crippen LogP contribution in [0, 0.1) is 0 Å². The van der Waals surface area contributed by atoms with Gasteiger partial charge in [0.2, 0.25) is 0 Å². The van der Waals surface area contributed by atoms with Crippen molar-refractivity contribution in [2.45, 2.75) is 0 Å². The van der Waals surface area contributed by atoms with Gasteiger partial charge in [-0.15, -0.1) is 7.05 Å². The minimum Gasteiger partial charge on any atom is -0.807 e. The molecular formula is C3H6N3ORb3. The van der Waals surface area contributed by atoms with Crippen LogP contribution in [-0.2, 0) is 0 Å². The second-order valence-corrected chi connectivity index (χ2v) is 0.806. The van der Waals surface area contributed by atoms with Crippen molar-refractivity contribution in [1.29, 1.82) is 0 Å². The van der Waals surface area contributed by atoms with Crippen LogP contribution in [0.15, 0.2) is 0 Å². The number of hydrogen-bond donors (Lipinski definition) is 0. The standard InChI is InChI=1S/C3H7N3O.3Rb/c1-4-3(7)6-5-2;;;/h1-2H3,(H-,4,6,7);;;/q-2;3*+1/p-1. The smallest absolute Gasteiger partial charge is 0.807 e. The van der Waals surface area contributed by atoms with Crippen LogP contribution in [0.5, 0.6) is 0 Å². The number of urea groups is 1. The first-order valence-electron chi connectivity index (χ1n) is 1.75. The molecule has 4 nitrogen and oxygen atoms in total. The fourth-order valence-electron chi connectivity index (χ4n) is 0.130. The quantitative estimate of drug-likeness (QED) is 0.431. The van der Waals surface area contributed by atoms with E-state index in [9.17, 15) is 4.79 Å². The molecule has 0 fully saturated rings. The molecule has 0 heterocycles. The molecule has 0 saturated heterocycles. The zero-order valence-electron chi connectivity index (χ0n) is 7.25. The van der Waals surface area contributed by atoms with E-state index in [4.69, 9.17) is 0 Å². The van der Waals surface area contributed by atoms with Gasteiger partial charge in [-0.2, -0.15) is 7.05 Å². The van der Waals surface area contributed by atoms with Crippen LogP contribution in [0.2, 0.25) is 0 Å². The summed E-state index contributed by atoms with van der Waals surface area (Å²) in [7, 11) is 2.79. The van der Waals surface area contributed by atoms with E-state index in [0.29, 0.717) is 0 Å². The summed E-state index contributed by atoms with van der Waals surface area (Å²) in [6.07, 6.45) is 0. The molecule has 0 N–H and O–H groups in total. The molecule has 0 rings (SSSR count). The molecule has 0 aliphatic carbocycles. The van der Waals surface area contributed by atoms with Crippen LogP contribution < -0.4 is 175 Å². The van der Waals surface area contributed by atoms with Gasteiger partial charge in [0.1, 0.15) is 0 Å². The van der Waals surface area contributed by atoms with Crippen molar-refractivity contribution in [3.8, 4) is 0 Å². The summed E-state index contributed by atoms with van der Waals surface area (Å²) in [5.74, 6) is 0. The minimum absolute atomic E-state index is 0. The van der Waals surface area contributed by atoms with E-state index in [0.717, 1.165) is 0 Å². The maximum absolute atomic E-state index is 9.98. The maximum atomic E-state index is 9.98. The molecule has 0 bridgehead atoms. The van der Waals surface area contributed by atoms with E-state index in [1.807, 2.05) is 0 Å². The Morgan fingerprint density at radius 3 is 1.60 bits per heavy atom. The molecule has 10 heavy (non-hydrogen) atoms. The number of carbonyl (C=O) groups excluding carboxylic acids is 1. The van der Waals surface area contributed by atoms with Crippen molar-refractivity contribution in [1.82, 2.24) is 0 Å². The third-order valence-electron chi connectivity index (χ3n) is 0.377. The first kappa shape index (κ1) is 24.1. The van der Waals surface area contributed by atoms with Crippen molar-refractivity contribution >= 4 is 6.03 Å². The summed E-state index contributed by atoms with van der Waals surface area (Å²) in [5.41, 5.74) is 6.25. The van der Waals surface area contributed by atoms with E-state index >= 15 is 0 Å². The van der Waals surface area contributed by atoms with Crippen LogP contribution >= 0.6 is 0 Å². The fraction of sp³-hybridized carbons (Fsp3) is 0.667. The van der Waals surface area contributed by atoms with Gasteiger partial charge in [0.05, 0.1) is 0 Å². The molecule has 0 atom stereocenters. The first-order valence-corrected chi connectivity index (χ1v) is 1.75. The Labute approximate surface area is 208 Å². The fourth-order valence-corrected chi connectivity index (χ4v) is 0.130. The van der Waals surface area contributed by atoms with Gasteiger partial charge < -0.3 is 21.0 Å². The first-order chi connectivity index (χ1) is 3.31. The third kappa shape index (κ3) is 18.4. The van der Waals surface area contributed by atoms with E-state index < -0.39 is 6.03 Å². The molecule has 0 aromatic carbocycles. The molecule has 7 heteroatoms. The molecular weight excluding hydrogens is 350 g/mol. The summed E-state index contributed by atoms with van der Waals surface area (Å²) in [6.45, 7) is 0. The number of rotatable bonds is 1. The normalized spacial score (nSPS) is 5.40. The zero-order valence-corrected chi connectivity index (χ0v) is 22.0. The number of hydrogen-bond acceptors (Lipinski definition) is 1. The molecule has 0 radical (unpaired) electrons. The third-order valence-corrected chi connectivity index (χ3v) is 0.377. The Morgan fingerprint density at radius 2 is 1.50 bits per heavy atom. The SMILES string of the molecule is C[N-][N-]C(=O)[N-]C.[Rb+].[Rb+].[Rb+]. The van der Waals surface area contributed by atoms with E-state index in [2.05, 4.69) is 16.2 Å². The largest absolute Gasteiger partial charge is 1.00 e. The monoisotopic (exact) mass is 355 g/mol. The van der Waals surface area contributed by atoms with Crippen molar-refractivity contribution < 1.29 is 179 Å². The van der Waals surface area contributed by atoms with E-state index in [-0.39, 0.29) is 175 Å². The van der Waals surface area contributed by atoms with Crippen molar-refractivity contribution in [3.63, 3.8) is 0 Å². The Morgan fingerprint density at radius 1 is 1.10 bits per heavy atom. The van der Waals surface area contributed by atoms with Crippen molar-refractivity contribution in [2.75, 3.05) is 14.1 Å². The summed E-state index contributed by atoms with van der Waals surface area (Å²) < 4.78 is 0. The van der Waals surface area contributed by atoms with Crippen molar-refractivity contribution in [3.05, 3.63) is 16.2 Å². The molecule has 0 saturated carbocycles. The van der Waals surface area contributed by atoms with Gasteiger partial charge in [0, 0.05) is 0 Å². The number of nitrogens with zero attached hydrogens (tertiary/aromatic N) is 3. The summed E-state index contributed by atoms with van der Waals surface area (Å²) >= 11 is 0. The molecule has 0 aromatic rings. The average molecular weight is 357 g/mol. The average Bonchev–Trinajstić information content (AvgIpc) is 1.68. The van der Waals surface area contributed by atoms with Crippen LogP contribution in [0.1, 0.15) is 0 Å². The van der Waals surface area contributed by atoms with Crippen LogP contribution in [0.25, 0.3) is 16.2 Å². The summed E-state index contributed by atoms with van der Waals surface area (Å²) in [5, 5.41) is 3.18. The Bertz CT molecular complexity index is 72.0. The minimum atomic E-state index is -0.539. The topological polar surface area (TPSA) is 59.4 Å². The summed E-state index contributed by atoms with van der Waals surface area (Å²) in [6, 6.07) is -0.539. The molecule has 0 spiro atoms. The Balaban J connectivity index is -0.0000000600. The molecule has 2 amide bonds. The maximum Gasteiger partial charge on any atom is 1.00 e. The molecule has 0 aliphatic rings. The van der Waals surface area contributed by atoms with Gasteiger partial charge in [0.25, 0.3) is 0 Å².